The fourth-order valence-corrected chi connectivity index (χ4v) is 2.79. The van der Waals surface area contributed by atoms with Crippen LogP contribution in [0.5, 0.6) is 0 Å². The van der Waals surface area contributed by atoms with Crippen LogP contribution in [0, 0.1) is 0 Å². The van der Waals surface area contributed by atoms with E-state index in [2.05, 4.69) is 11.8 Å². The molecule has 19 heavy (non-hydrogen) atoms. The summed E-state index contributed by atoms with van der Waals surface area (Å²) in [5.41, 5.74) is 6.66. The van der Waals surface area contributed by atoms with Crippen LogP contribution in [0.25, 0.3) is 0 Å². The molecule has 0 radical (unpaired) electrons. The van der Waals surface area contributed by atoms with E-state index in [9.17, 15) is 8.42 Å². The Kier molecular flexibility index (Phi) is 6.31. The van der Waals surface area contributed by atoms with Crippen molar-refractivity contribution < 1.29 is 8.42 Å². The number of rotatable bonds is 8. The van der Waals surface area contributed by atoms with Crippen LogP contribution >= 0.6 is 0 Å². The van der Waals surface area contributed by atoms with E-state index in [0.29, 0.717) is 11.4 Å². The zero-order valence-electron chi connectivity index (χ0n) is 11.8. The van der Waals surface area contributed by atoms with Crippen molar-refractivity contribution in [2.24, 2.45) is 5.73 Å². The van der Waals surface area contributed by atoms with Crippen molar-refractivity contribution in [1.29, 1.82) is 0 Å². The van der Waals surface area contributed by atoms with Crippen LogP contribution in [0.3, 0.4) is 0 Å². The van der Waals surface area contributed by atoms with Crippen LogP contribution in [0.1, 0.15) is 26.7 Å². The lowest BCUT2D eigenvalue weighted by molar-refractivity contribution is 0.597. The first-order valence-corrected chi connectivity index (χ1v) is 8.48. The lowest BCUT2D eigenvalue weighted by Crippen LogP contribution is -2.30. The van der Waals surface area contributed by atoms with Crippen LogP contribution in [0.15, 0.2) is 29.2 Å². The molecule has 4 nitrogen and oxygen atoms in total. The highest BCUT2D eigenvalue weighted by Crippen LogP contribution is 2.19. The number of nitrogens with zero attached hydrogens (tertiary/aromatic N) is 1. The van der Waals surface area contributed by atoms with E-state index >= 15 is 0 Å². The largest absolute Gasteiger partial charge is 0.370 e. The minimum absolute atomic E-state index is 0.134. The molecule has 0 saturated carbocycles. The van der Waals surface area contributed by atoms with Gasteiger partial charge in [-0.05, 0) is 30.7 Å². The second-order valence-electron chi connectivity index (χ2n) is 4.53. The third-order valence-corrected chi connectivity index (χ3v) is 4.87. The smallest absolute Gasteiger partial charge is 0.178 e. The second kappa shape index (κ2) is 7.50. The van der Waals surface area contributed by atoms with Crippen molar-refractivity contribution >= 4 is 15.5 Å². The van der Waals surface area contributed by atoms with E-state index in [1.807, 2.05) is 12.1 Å². The van der Waals surface area contributed by atoms with Gasteiger partial charge >= 0.3 is 0 Å². The van der Waals surface area contributed by atoms with Crippen LogP contribution in [0.2, 0.25) is 0 Å². The molecule has 1 aromatic rings. The van der Waals surface area contributed by atoms with Gasteiger partial charge in [0.05, 0.1) is 10.6 Å². The summed E-state index contributed by atoms with van der Waals surface area (Å²) in [5, 5.41) is 0. The number of unbranched alkanes of at least 4 members (excludes halogenated alkanes) is 1. The average molecular weight is 284 g/mol. The Bertz CT molecular complexity index is 469. The average Bonchev–Trinajstić information content (AvgIpc) is 2.43. The molecule has 5 heteroatoms. The highest BCUT2D eigenvalue weighted by molar-refractivity contribution is 7.91. The van der Waals surface area contributed by atoms with Gasteiger partial charge in [0.15, 0.2) is 9.84 Å². The molecule has 0 saturated heterocycles. The summed E-state index contributed by atoms with van der Waals surface area (Å²) in [6.07, 6.45) is 2.23. The SMILES string of the molecule is CCCCN(CCN)c1ccc(S(=O)(=O)CC)cc1. The van der Waals surface area contributed by atoms with E-state index in [1.165, 1.54) is 0 Å². The Morgan fingerprint density at radius 1 is 1.11 bits per heavy atom. The molecule has 108 valence electrons. The fourth-order valence-electron chi connectivity index (χ4n) is 1.91. The molecule has 1 rings (SSSR count). The molecule has 0 aliphatic carbocycles. The van der Waals surface area contributed by atoms with Gasteiger partial charge in [-0.2, -0.15) is 0 Å². The maximum absolute atomic E-state index is 11.7. The van der Waals surface area contributed by atoms with Gasteiger partial charge in [0.25, 0.3) is 0 Å². The monoisotopic (exact) mass is 284 g/mol. The molecule has 0 aliphatic heterocycles. The predicted molar refractivity (Wildman–Crippen MR) is 80.3 cm³/mol. The first-order chi connectivity index (χ1) is 9.05. The summed E-state index contributed by atoms with van der Waals surface area (Å²) < 4.78 is 23.5. The number of hydrogen-bond acceptors (Lipinski definition) is 4. The molecule has 0 unspecified atom stereocenters. The number of nitrogens with two attached hydrogens (primary N) is 1. The maximum Gasteiger partial charge on any atom is 0.178 e. The van der Waals surface area contributed by atoms with Gasteiger partial charge in [0.1, 0.15) is 0 Å². The minimum atomic E-state index is -3.11. The van der Waals surface area contributed by atoms with Crippen LogP contribution in [-0.2, 0) is 9.84 Å². The summed E-state index contributed by atoms with van der Waals surface area (Å²) in [4.78, 5) is 2.59. The molecule has 2 N–H and O–H groups in total. The summed E-state index contributed by atoms with van der Waals surface area (Å²) in [6.45, 7) is 6.15. The highest BCUT2D eigenvalue weighted by Gasteiger charge is 2.12. The molecule has 0 bridgehead atoms. The predicted octanol–water partition coefficient (Wildman–Crippen LogP) is 2.05. The van der Waals surface area contributed by atoms with E-state index in [1.54, 1.807) is 19.1 Å². The first kappa shape index (κ1) is 16.0. The molecule has 0 aromatic heterocycles. The number of sulfone groups is 1. The first-order valence-electron chi connectivity index (χ1n) is 6.83. The lowest BCUT2D eigenvalue weighted by atomic mass is 10.2. The van der Waals surface area contributed by atoms with E-state index < -0.39 is 9.84 Å². The molecule has 0 fully saturated rings. The Hall–Kier alpha value is -1.07. The van der Waals surface area contributed by atoms with Crippen molar-refractivity contribution in [3.63, 3.8) is 0 Å². The van der Waals surface area contributed by atoms with E-state index in [-0.39, 0.29) is 5.75 Å². The Morgan fingerprint density at radius 3 is 2.21 bits per heavy atom. The number of benzene rings is 1. The molecule has 0 heterocycles. The Morgan fingerprint density at radius 2 is 1.74 bits per heavy atom. The number of hydrogen-bond donors (Lipinski definition) is 1. The van der Waals surface area contributed by atoms with Crippen molar-refractivity contribution in [2.75, 3.05) is 30.3 Å². The van der Waals surface area contributed by atoms with Crippen molar-refractivity contribution in [2.45, 2.75) is 31.6 Å². The quantitative estimate of drug-likeness (QED) is 0.793. The Balaban J connectivity index is 2.88. The molecular formula is C14H24N2O2S. The molecule has 0 amide bonds. The fraction of sp³-hybridized carbons (Fsp3) is 0.571. The van der Waals surface area contributed by atoms with Crippen molar-refractivity contribution in [3.05, 3.63) is 24.3 Å². The summed E-state index contributed by atoms with van der Waals surface area (Å²) in [5.74, 6) is 0.134. The van der Waals surface area contributed by atoms with Gasteiger partial charge in [-0.25, -0.2) is 8.42 Å². The molecule has 0 aliphatic rings. The zero-order valence-corrected chi connectivity index (χ0v) is 12.6. The minimum Gasteiger partial charge on any atom is -0.370 e. The van der Waals surface area contributed by atoms with Gasteiger partial charge in [-0.15, -0.1) is 0 Å². The second-order valence-corrected chi connectivity index (χ2v) is 6.80. The highest BCUT2D eigenvalue weighted by atomic mass is 32.2. The van der Waals surface area contributed by atoms with Crippen molar-refractivity contribution in [3.8, 4) is 0 Å². The van der Waals surface area contributed by atoms with Gasteiger partial charge in [0.2, 0.25) is 0 Å². The molecule has 1 aromatic carbocycles. The van der Waals surface area contributed by atoms with Gasteiger partial charge in [-0.1, -0.05) is 20.3 Å². The van der Waals surface area contributed by atoms with Gasteiger partial charge in [0, 0.05) is 25.3 Å². The normalized spacial score (nSPS) is 11.5. The standard InChI is InChI=1S/C14H24N2O2S/c1-3-5-11-16(12-10-15)13-6-8-14(9-7-13)19(17,18)4-2/h6-9H,3-5,10-12,15H2,1-2H3. The van der Waals surface area contributed by atoms with Crippen LogP contribution in [-0.4, -0.2) is 33.8 Å². The lowest BCUT2D eigenvalue weighted by Gasteiger charge is -2.24. The number of anilines is 1. The third kappa shape index (κ3) is 4.51. The maximum atomic E-state index is 11.7. The van der Waals surface area contributed by atoms with Crippen LogP contribution in [0.4, 0.5) is 5.69 Å². The van der Waals surface area contributed by atoms with Gasteiger partial charge < -0.3 is 10.6 Å². The Labute approximate surface area is 116 Å². The van der Waals surface area contributed by atoms with Crippen molar-refractivity contribution in [1.82, 2.24) is 0 Å². The molecule has 0 spiro atoms. The van der Waals surface area contributed by atoms with E-state index in [4.69, 9.17) is 5.73 Å². The summed E-state index contributed by atoms with van der Waals surface area (Å²) in [6, 6.07) is 7.11. The summed E-state index contributed by atoms with van der Waals surface area (Å²) in [7, 11) is -3.11. The van der Waals surface area contributed by atoms with Crippen LogP contribution < -0.4 is 10.6 Å². The molecule has 0 atom stereocenters. The zero-order chi connectivity index (χ0) is 14.3. The van der Waals surface area contributed by atoms with Gasteiger partial charge in [-0.3, -0.25) is 0 Å². The third-order valence-electron chi connectivity index (χ3n) is 3.12. The topological polar surface area (TPSA) is 63.4 Å². The summed E-state index contributed by atoms with van der Waals surface area (Å²) >= 11 is 0. The molecular weight excluding hydrogens is 260 g/mol. The van der Waals surface area contributed by atoms with E-state index in [0.717, 1.165) is 31.6 Å².